The number of esters is 1. The number of nitrogens with zero attached hydrogens (tertiary/aromatic N) is 2. The summed E-state index contributed by atoms with van der Waals surface area (Å²) in [6.07, 6.45) is 1.31. The first-order valence-corrected chi connectivity index (χ1v) is 13.7. The highest BCUT2D eigenvalue weighted by Crippen LogP contribution is 2.47. The molecule has 1 heterocycles. The highest BCUT2D eigenvalue weighted by molar-refractivity contribution is 6.74. The van der Waals surface area contributed by atoms with Crippen LogP contribution in [0.25, 0.3) is 5.53 Å². The first kappa shape index (κ1) is 25.5. The third kappa shape index (κ3) is 5.52. The molecule has 0 aromatic rings. The monoisotopic (exact) mass is 452 g/mol. The Hall–Kier alpha value is -1.80. The maximum Gasteiger partial charge on any atom is 0.441 e. The molecule has 0 aromatic carbocycles. The molecule has 8 nitrogen and oxygen atoms in total. The average Bonchev–Trinajstić information content (AvgIpc) is 3.11. The van der Waals surface area contributed by atoms with Gasteiger partial charge in [0.1, 0.15) is 0 Å². The summed E-state index contributed by atoms with van der Waals surface area (Å²) in [5.74, 6) is -1.60. The summed E-state index contributed by atoms with van der Waals surface area (Å²) in [7, 11) is -0.970. The minimum Gasteiger partial charge on any atom is -0.547 e. The maximum absolute atomic E-state index is 12.7. The van der Waals surface area contributed by atoms with E-state index in [2.05, 4.69) is 43.4 Å². The molecule has 0 spiro atoms. The summed E-state index contributed by atoms with van der Waals surface area (Å²) in [4.78, 5) is 27.4. The molecular formula is C22H36N2O6Si. The maximum atomic E-state index is 12.7. The molecule has 0 amide bonds. The van der Waals surface area contributed by atoms with Gasteiger partial charge in [0, 0.05) is 18.8 Å². The summed E-state index contributed by atoms with van der Waals surface area (Å²) in [6.45, 7) is 15.9. The van der Waals surface area contributed by atoms with Crippen LogP contribution in [0, 0.1) is 11.8 Å². The van der Waals surface area contributed by atoms with E-state index < -0.39 is 31.6 Å². The third-order valence-electron chi connectivity index (χ3n) is 7.01. The van der Waals surface area contributed by atoms with Crippen molar-refractivity contribution < 1.29 is 33.0 Å². The Morgan fingerprint density at radius 1 is 1.26 bits per heavy atom. The van der Waals surface area contributed by atoms with E-state index in [1.165, 1.54) is 0 Å². The number of carbonyl (C=O) groups excluding carboxylic acids is 2. The van der Waals surface area contributed by atoms with Crippen molar-refractivity contribution in [3.05, 3.63) is 16.9 Å². The van der Waals surface area contributed by atoms with Crippen LogP contribution in [0.4, 0.5) is 0 Å². The summed E-state index contributed by atoms with van der Waals surface area (Å²) < 4.78 is 23.1. The van der Waals surface area contributed by atoms with Gasteiger partial charge in [-0.1, -0.05) is 20.8 Å². The SMILES string of the molecule is COC(=O)C(=[N+]=[N-])C(=O)CC1C[C@@H](C2(C)OCCO2)CC(O[Si](C)(C)C(C)(C)C)=C1C. The highest BCUT2D eigenvalue weighted by atomic mass is 28.4. The Morgan fingerprint density at radius 3 is 2.32 bits per heavy atom. The van der Waals surface area contributed by atoms with Crippen molar-refractivity contribution in [3.63, 3.8) is 0 Å². The molecule has 31 heavy (non-hydrogen) atoms. The minimum absolute atomic E-state index is 0.0103. The number of ether oxygens (including phenoxy) is 3. The van der Waals surface area contributed by atoms with Gasteiger partial charge in [-0.15, -0.1) is 0 Å². The molecule has 1 saturated heterocycles. The van der Waals surface area contributed by atoms with Crippen molar-refractivity contribution in [1.29, 1.82) is 0 Å². The average molecular weight is 453 g/mol. The Morgan fingerprint density at radius 2 is 1.84 bits per heavy atom. The topological polar surface area (TPSA) is 107 Å². The second kappa shape index (κ2) is 9.36. The van der Waals surface area contributed by atoms with Gasteiger partial charge in [-0.3, -0.25) is 4.79 Å². The van der Waals surface area contributed by atoms with Crippen molar-refractivity contribution in [2.24, 2.45) is 11.8 Å². The number of rotatable bonds is 7. The van der Waals surface area contributed by atoms with Crippen LogP contribution in [0.5, 0.6) is 0 Å². The van der Waals surface area contributed by atoms with Gasteiger partial charge >= 0.3 is 11.7 Å². The summed E-state index contributed by atoms with van der Waals surface area (Å²) >= 11 is 0. The predicted octanol–water partition coefficient (Wildman–Crippen LogP) is 3.87. The van der Waals surface area contributed by atoms with Crippen LogP contribution in [0.2, 0.25) is 18.1 Å². The molecule has 0 radical (unpaired) electrons. The molecule has 0 aromatic heterocycles. The van der Waals surface area contributed by atoms with E-state index in [4.69, 9.17) is 19.4 Å². The Bertz CT molecular complexity index is 801. The van der Waals surface area contributed by atoms with E-state index in [1.807, 2.05) is 13.8 Å². The van der Waals surface area contributed by atoms with E-state index in [0.717, 1.165) is 18.4 Å². The normalized spacial score (nSPS) is 23.9. The number of ketones is 1. The lowest BCUT2D eigenvalue weighted by Gasteiger charge is -2.43. The van der Waals surface area contributed by atoms with Gasteiger partial charge in [-0.2, -0.15) is 4.79 Å². The fourth-order valence-electron chi connectivity index (χ4n) is 3.83. The van der Waals surface area contributed by atoms with Gasteiger partial charge in [-0.05, 0) is 49.9 Å². The summed E-state index contributed by atoms with van der Waals surface area (Å²) in [5, 5.41) is 0.0183. The van der Waals surface area contributed by atoms with Crippen LogP contribution in [-0.4, -0.2) is 56.7 Å². The molecule has 0 saturated carbocycles. The molecule has 2 aliphatic rings. The van der Waals surface area contributed by atoms with Crippen LogP contribution in [-0.2, 0) is 28.2 Å². The highest BCUT2D eigenvalue weighted by Gasteiger charge is 2.47. The zero-order valence-corrected chi connectivity index (χ0v) is 21.0. The number of hydrogen-bond acceptors (Lipinski definition) is 6. The zero-order valence-electron chi connectivity index (χ0n) is 20.0. The Kier molecular flexibility index (Phi) is 7.69. The lowest BCUT2D eigenvalue weighted by Crippen LogP contribution is -2.44. The molecule has 2 atom stereocenters. The van der Waals surface area contributed by atoms with Crippen LogP contribution < -0.4 is 0 Å². The van der Waals surface area contributed by atoms with Crippen LogP contribution in [0.15, 0.2) is 11.3 Å². The molecule has 0 N–H and O–H groups in total. The predicted molar refractivity (Wildman–Crippen MR) is 118 cm³/mol. The second-order valence-corrected chi connectivity index (χ2v) is 14.8. The lowest BCUT2D eigenvalue weighted by atomic mass is 9.75. The molecule has 1 fully saturated rings. The third-order valence-corrected chi connectivity index (χ3v) is 11.4. The minimum atomic E-state index is -2.11. The van der Waals surface area contributed by atoms with Gasteiger partial charge in [0.05, 0.1) is 26.1 Å². The van der Waals surface area contributed by atoms with Gasteiger partial charge in [0.2, 0.25) is 8.32 Å². The quantitative estimate of drug-likeness (QED) is 0.145. The number of Topliss-reactive ketones (excluding diaryl/α,β-unsaturated/α-hetero) is 1. The largest absolute Gasteiger partial charge is 0.547 e. The van der Waals surface area contributed by atoms with Gasteiger partial charge < -0.3 is 24.2 Å². The Balaban J connectivity index is 2.38. The van der Waals surface area contributed by atoms with E-state index in [9.17, 15) is 9.59 Å². The number of allylic oxidation sites excluding steroid dienone is 2. The van der Waals surface area contributed by atoms with Crippen LogP contribution in [0.3, 0.4) is 0 Å². The first-order chi connectivity index (χ1) is 14.3. The number of carbonyl (C=O) groups is 2. The summed E-state index contributed by atoms with van der Waals surface area (Å²) in [6, 6.07) is 0. The van der Waals surface area contributed by atoms with E-state index >= 15 is 0 Å². The lowest BCUT2D eigenvalue weighted by molar-refractivity contribution is -0.187. The van der Waals surface area contributed by atoms with Crippen molar-refractivity contribution in [1.82, 2.24) is 0 Å². The molecule has 2 rings (SSSR count). The molecule has 174 valence electrons. The Labute approximate surface area is 186 Å². The molecule has 1 aliphatic heterocycles. The molecular weight excluding hydrogens is 416 g/mol. The van der Waals surface area contributed by atoms with E-state index in [0.29, 0.717) is 26.1 Å². The molecule has 9 heteroatoms. The molecule has 1 unspecified atom stereocenters. The van der Waals surface area contributed by atoms with Gasteiger partial charge in [0.15, 0.2) is 5.79 Å². The van der Waals surface area contributed by atoms with Crippen LogP contribution in [0.1, 0.15) is 53.9 Å². The molecule has 1 aliphatic carbocycles. The smallest absolute Gasteiger partial charge is 0.441 e. The summed E-state index contributed by atoms with van der Waals surface area (Å²) in [5.41, 5.74) is 9.54. The second-order valence-electron chi connectivity index (χ2n) is 10.1. The number of hydrogen-bond donors (Lipinski definition) is 0. The number of methoxy groups -OCH3 is 1. The van der Waals surface area contributed by atoms with Crippen molar-refractivity contribution >= 4 is 25.8 Å². The fraction of sp³-hybridized carbons (Fsp3) is 0.773. The van der Waals surface area contributed by atoms with E-state index in [-0.39, 0.29) is 23.3 Å². The zero-order chi connectivity index (χ0) is 23.6. The first-order valence-electron chi connectivity index (χ1n) is 10.8. The van der Waals surface area contributed by atoms with Crippen LogP contribution >= 0.6 is 0 Å². The van der Waals surface area contributed by atoms with Gasteiger partial charge in [-0.25, -0.2) is 4.79 Å². The van der Waals surface area contributed by atoms with Gasteiger partial charge in [0.25, 0.3) is 5.78 Å². The van der Waals surface area contributed by atoms with Crippen molar-refractivity contribution in [2.45, 2.75) is 77.8 Å². The standard InChI is InChI=1S/C22H36N2O6Si/c1-14-15(12-17(25)19(24-23)20(26)27-6)11-16(22(5)28-9-10-29-22)13-18(14)30-31(7,8)21(2,3)4/h15-16H,9-13H2,1-8H3/t15?,16-/m1/s1. The fourth-order valence-corrected chi connectivity index (χ4v) is 5.00. The molecule has 0 bridgehead atoms. The van der Waals surface area contributed by atoms with E-state index in [1.54, 1.807) is 0 Å². The van der Waals surface area contributed by atoms with Crippen molar-refractivity contribution in [2.75, 3.05) is 20.3 Å². The van der Waals surface area contributed by atoms with Crippen molar-refractivity contribution in [3.8, 4) is 0 Å².